The number of aromatic nitrogens is 1. The van der Waals surface area contributed by atoms with Crippen LogP contribution >= 0.6 is 0 Å². The number of benzene rings is 1. The summed E-state index contributed by atoms with van der Waals surface area (Å²) in [5.41, 5.74) is 2.84. The third-order valence-corrected chi connectivity index (χ3v) is 5.75. The van der Waals surface area contributed by atoms with E-state index in [1.807, 2.05) is 42.7 Å². The Morgan fingerprint density at radius 3 is 2.69 bits per heavy atom. The van der Waals surface area contributed by atoms with Crippen LogP contribution in [0.1, 0.15) is 23.6 Å². The number of anilines is 1. The maximum atomic E-state index is 9.35. The van der Waals surface area contributed by atoms with Crippen molar-refractivity contribution in [3.63, 3.8) is 0 Å². The second-order valence-corrected chi connectivity index (χ2v) is 7.43. The van der Waals surface area contributed by atoms with E-state index >= 15 is 0 Å². The van der Waals surface area contributed by atoms with Gasteiger partial charge in [-0.15, -0.1) is 0 Å². The highest BCUT2D eigenvalue weighted by molar-refractivity contribution is 6.09. The Labute approximate surface area is 170 Å². The molecular weight excluding hydrogens is 364 g/mol. The number of ether oxygens (including phenoxy) is 1. The fourth-order valence-corrected chi connectivity index (χ4v) is 4.30. The average molecular weight is 386 g/mol. The number of nitrogens with zero attached hydrogens (tertiary/aromatic N) is 6. The summed E-state index contributed by atoms with van der Waals surface area (Å²) >= 11 is 0. The van der Waals surface area contributed by atoms with E-state index < -0.39 is 0 Å². The summed E-state index contributed by atoms with van der Waals surface area (Å²) in [7, 11) is 0. The molecule has 0 spiro atoms. The molecule has 5 rings (SSSR count). The minimum Gasteiger partial charge on any atom is -0.378 e. The van der Waals surface area contributed by atoms with Gasteiger partial charge in [-0.3, -0.25) is 4.98 Å². The van der Waals surface area contributed by atoms with E-state index in [-0.39, 0.29) is 12.0 Å². The highest BCUT2D eigenvalue weighted by atomic mass is 16.5. The normalized spacial score (nSPS) is 23.8. The molecule has 0 aliphatic carbocycles. The van der Waals surface area contributed by atoms with Crippen LogP contribution in [0.25, 0.3) is 0 Å². The van der Waals surface area contributed by atoms with Crippen molar-refractivity contribution in [2.75, 3.05) is 37.7 Å². The van der Waals surface area contributed by atoms with Crippen LogP contribution in [-0.4, -0.2) is 54.5 Å². The molecule has 0 N–H and O–H groups in total. The Morgan fingerprint density at radius 1 is 1.07 bits per heavy atom. The molecule has 4 heterocycles. The summed E-state index contributed by atoms with van der Waals surface area (Å²) in [4.78, 5) is 18.7. The van der Waals surface area contributed by atoms with E-state index in [2.05, 4.69) is 26.9 Å². The molecule has 7 nitrogen and oxygen atoms in total. The number of fused-ring (bicyclic) bond motifs is 1. The zero-order valence-electron chi connectivity index (χ0n) is 16.1. The molecule has 7 heteroatoms. The molecule has 29 heavy (non-hydrogen) atoms. The Hall–Kier alpha value is -3.24. The molecule has 2 atom stereocenters. The van der Waals surface area contributed by atoms with Crippen molar-refractivity contribution in [1.82, 2.24) is 9.88 Å². The number of guanidine groups is 1. The van der Waals surface area contributed by atoms with Crippen molar-refractivity contribution in [3.8, 4) is 6.07 Å². The lowest BCUT2D eigenvalue weighted by atomic mass is 9.90. The lowest BCUT2D eigenvalue weighted by Gasteiger charge is -2.34. The molecule has 1 aromatic heterocycles. The molecule has 1 aromatic carbocycles. The predicted octanol–water partition coefficient (Wildman–Crippen LogP) is 2.62. The van der Waals surface area contributed by atoms with Gasteiger partial charge < -0.3 is 14.5 Å². The van der Waals surface area contributed by atoms with Crippen molar-refractivity contribution >= 4 is 17.5 Å². The van der Waals surface area contributed by atoms with Gasteiger partial charge in [-0.05, 0) is 36.2 Å². The van der Waals surface area contributed by atoms with Gasteiger partial charge in [0.15, 0.2) is 0 Å². The summed E-state index contributed by atoms with van der Waals surface area (Å²) in [5.74, 6) is 2.02. The van der Waals surface area contributed by atoms with Gasteiger partial charge in [0.05, 0.1) is 30.9 Å². The van der Waals surface area contributed by atoms with Crippen LogP contribution in [0.2, 0.25) is 0 Å². The number of pyridine rings is 1. The Morgan fingerprint density at radius 2 is 1.90 bits per heavy atom. The van der Waals surface area contributed by atoms with E-state index in [0.717, 1.165) is 49.1 Å². The van der Waals surface area contributed by atoms with Gasteiger partial charge >= 0.3 is 0 Å². The summed E-state index contributed by atoms with van der Waals surface area (Å²) in [6.45, 7) is 3.86. The zero-order valence-corrected chi connectivity index (χ0v) is 16.1. The number of hydrogen-bond donors (Lipinski definition) is 0. The minimum absolute atomic E-state index is 0.0412. The van der Waals surface area contributed by atoms with Crippen LogP contribution in [0.4, 0.5) is 5.69 Å². The number of rotatable bonds is 2. The van der Waals surface area contributed by atoms with Gasteiger partial charge in [-0.2, -0.15) is 10.3 Å². The quantitative estimate of drug-likeness (QED) is 0.793. The average Bonchev–Trinajstić information content (AvgIpc) is 3.24. The van der Waals surface area contributed by atoms with Gasteiger partial charge in [0.1, 0.15) is 5.84 Å². The molecule has 2 fully saturated rings. The highest BCUT2D eigenvalue weighted by Crippen LogP contribution is 2.39. The number of aliphatic imine (C=N–C) groups is 2. The van der Waals surface area contributed by atoms with E-state index in [4.69, 9.17) is 14.7 Å². The molecule has 3 aliphatic heterocycles. The number of amidine groups is 1. The highest BCUT2D eigenvalue weighted by Gasteiger charge is 2.40. The maximum Gasteiger partial charge on any atom is 0.223 e. The van der Waals surface area contributed by atoms with Crippen molar-refractivity contribution < 1.29 is 4.74 Å². The fraction of sp³-hybridized carbons (Fsp3) is 0.364. The zero-order chi connectivity index (χ0) is 19.6. The summed E-state index contributed by atoms with van der Waals surface area (Å²) < 4.78 is 5.51. The van der Waals surface area contributed by atoms with E-state index in [1.165, 1.54) is 0 Å². The topological polar surface area (TPSA) is 77.1 Å². The first-order valence-corrected chi connectivity index (χ1v) is 10.0. The van der Waals surface area contributed by atoms with Crippen molar-refractivity contribution in [2.45, 2.75) is 12.5 Å². The number of morpholine rings is 1. The molecule has 2 saturated heterocycles. The maximum absolute atomic E-state index is 9.35. The standard InChI is InChI=1S/C22H22N6O/c23-15-16-2-1-3-17(14-16)20-19-6-9-28(18-4-7-24-8-5-18)21(19)26-22(25-20)27-10-12-29-13-11-27/h1-5,7-8,14,19-20H,6,9-13H2. The van der Waals surface area contributed by atoms with Crippen LogP contribution in [0.5, 0.6) is 0 Å². The Balaban J connectivity index is 1.56. The van der Waals surface area contributed by atoms with Crippen molar-refractivity contribution in [3.05, 3.63) is 59.9 Å². The molecule has 3 aliphatic rings. The first-order chi connectivity index (χ1) is 14.3. The van der Waals surface area contributed by atoms with Crippen molar-refractivity contribution in [2.24, 2.45) is 15.9 Å². The van der Waals surface area contributed by atoms with Gasteiger partial charge in [-0.1, -0.05) is 12.1 Å². The van der Waals surface area contributed by atoms with Gasteiger partial charge in [0.2, 0.25) is 5.96 Å². The Bertz CT molecular complexity index is 990. The molecule has 2 unspecified atom stereocenters. The van der Waals surface area contributed by atoms with E-state index in [1.54, 1.807) is 0 Å². The third-order valence-electron chi connectivity index (χ3n) is 5.75. The molecule has 2 aromatic rings. The van der Waals surface area contributed by atoms with Gasteiger partial charge in [-0.25, -0.2) is 4.99 Å². The molecular formula is C22H22N6O. The number of nitriles is 1. The second kappa shape index (κ2) is 7.64. The molecule has 0 amide bonds. The van der Waals surface area contributed by atoms with Crippen LogP contribution in [0, 0.1) is 17.2 Å². The van der Waals surface area contributed by atoms with Crippen LogP contribution in [0.15, 0.2) is 58.8 Å². The van der Waals surface area contributed by atoms with Crippen LogP contribution in [-0.2, 0) is 4.74 Å². The van der Waals surface area contributed by atoms with Crippen molar-refractivity contribution in [1.29, 1.82) is 5.26 Å². The lowest BCUT2D eigenvalue weighted by molar-refractivity contribution is 0.0672. The Kier molecular flexibility index (Phi) is 4.70. The molecule has 0 radical (unpaired) electrons. The van der Waals surface area contributed by atoms with Gasteiger partial charge in [0, 0.05) is 43.6 Å². The monoisotopic (exact) mass is 386 g/mol. The molecule has 146 valence electrons. The SMILES string of the molecule is N#Cc1cccc(C2N=C(N3CCOCC3)N=C3C2CCN3c2ccncc2)c1. The molecule has 0 saturated carbocycles. The fourth-order valence-electron chi connectivity index (χ4n) is 4.30. The van der Waals surface area contributed by atoms with E-state index in [0.29, 0.717) is 18.8 Å². The van der Waals surface area contributed by atoms with Gasteiger partial charge in [0.25, 0.3) is 0 Å². The van der Waals surface area contributed by atoms with E-state index in [9.17, 15) is 5.26 Å². The van der Waals surface area contributed by atoms with Crippen LogP contribution in [0.3, 0.4) is 0 Å². The molecule has 0 bridgehead atoms. The summed E-state index contributed by atoms with van der Waals surface area (Å²) in [5, 5.41) is 9.35. The lowest BCUT2D eigenvalue weighted by Crippen LogP contribution is -2.44. The summed E-state index contributed by atoms with van der Waals surface area (Å²) in [6, 6.07) is 14.1. The summed E-state index contributed by atoms with van der Waals surface area (Å²) in [6.07, 6.45) is 4.61. The largest absolute Gasteiger partial charge is 0.378 e. The second-order valence-electron chi connectivity index (χ2n) is 7.43. The number of hydrogen-bond acceptors (Lipinski definition) is 7. The predicted molar refractivity (Wildman–Crippen MR) is 111 cm³/mol. The minimum atomic E-state index is -0.0412. The first kappa shape index (κ1) is 17.8. The third kappa shape index (κ3) is 3.36. The van der Waals surface area contributed by atoms with Crippen LogP contribution < -0.4 is 4.90 Å². The smallest absolute Gasteiger partial charge is 0.223 e. The first-order valence-electron chi connectivity index (χ1n) is 10.0.